The van der Waals surface area contributed by atoms with Crippen molar-refractivity contribution in [2.75, 3.05) is 5.32 Å². The molecule has 0 aliphatic heterocycles. The average Bonchev–Trinajstić information content (AvgIpc) is 2.80. The quantitative estimate of drug-likeness (QED) is 0.821. The van der Waals surface area contributed by atoms with Gasteiger partial charge in [0.2, 0.25) is 5.13 Å². The van der Waals surface area contributed by atoms with Gasteiger partial charge in [-0.15, -0.1) is 0 Å². The lowest BCUT2D eigenvalue weighted by Gasteiger charge is -2.03. The van der Waals surface area contributed by atoms with Crippen LogP contribution in [-0.2, 0) is 13.1 Å². The van der Waals surface area contributed by atoms with E-state index in [4.69, 9.17) is 5.73 Å². The van der Waals surface area contributed by atoms with Crippen LogP contribution in [0.15, 0.2) is 30.6 Å². The zero-order chi connectivity index (χ0) is 10.5. The molecule has 0 spiro atoms. The zero-order valence-electron chi connectivity index (χ0n) is 8.18. The highest BCUT2D eigenvalue weighted by atomic mass is 32.1. The van der Waals surface area contributed by atoms with Gasteiger partial charge in [-0.25, -0.2) is 4.98 Å². The lowest BCUT2D eigenvalue weighted by Crippen LogP contribution is -2.00. The molecule has 2 aromatic rings. The van der Waals surface area contributed by atoms with Gasteiger partial charge < -0.3 is 11.1 Å². The first-order valence-corrected chi connectivity index (χ1v) is 5.44. The minimum Gasteiger partial charge on any atom is -0.356 e. The molecule has 0 atom stereocenters. The standard InChI is InChI=1S/C10H12N4S/c11-5-8-1-3-9(4-2-8)6-12-10-13-7-14-15-10/h1-4,7H,5-6,11H2,(H,12,13,14). The lowest BCUT2D eigenvalue weighted by atomic mass is 10.1. The molecule has 1 aromatic carbocycles. The summed E-state index contributed by atoms with van der Waals surface area (Å²) in [4.78, 5) is 4.04. The Kier molecular flexibility index (Phi) is 3.26. The molecule has 5 heteroatoms. The Morgan fingerprint density at radius 3 is 2.53 bits per heavy atom. The van der Waals surface area contributed by atoms with Crippen molar-refractivity contribution in [2.24, 2.45) is 5.73 Å². The second kappa shape index (κ2) is 4.86. The first-order chi connectivity index (χ1) is 7.38. The summed E-state index contributed by atoms with van der Waals surface area (Å²) in [5.74, 6) is 0. The summed E-state index contributed by atoms with van der Waals surface area (Å²) in [6.07, 6.45) is 1.55. The van der Waals surface area contributed by atoms with Crippen LogP contribution in [0.1, 0.15) is 11.1 Å². The molecule has 4 nitrogen and oxygen atoms in total. The monoisotopic (exact) mass is 220 g/mol. The first kappa shape index (κ1) is 10.1. The van der Waals surface area contributed by atoms with Crippen LogP contribution in [0.4, 0.5) is 5.13 Å². The van der Waals surface area contributed by atoms with E-state index in [0.717, 1.165) is 17.2 Å². The van der Waals surface area contributed by atoms with E-state index < -0.39 is 0 Å². The van der Waals surface area contributed by atoms with Gasteiger partial charge in [-0.05, 0) is 11.1 Å². The van der Waals surface area contributed by atoms with Crippen LogP contribution in [-0.4, -0.2) is 9.36 Å². The van der Waals surface area contributed by atoms with Gasteiger partial charge in [-0.2, -0.15) is 4.37 Å². The SMILES string of the molecule is NCc1ccc(CNc2ncns2)cc1. The molecule has 0 unspecified atom stereocenters. The second-order valence-electron chi connectivity index (χ2n) is 3.12. The van der Waals surface area contributed by atoms with Crippen molar-refractivity contribution in [2.45, 2.75) is 13.1 Å². The summed E-state index contributed by atoms with van der Waals surface area (Å²) >= 11 is 1.36. The Hall–Kier alpha value is -1.46. The van der Waals surface area contributed by atoms with Gasteiger partial charge in [0.15, 0.2) is 0 Å². The van der Waals surface area contributed by atoms with Gasteiger partial charge in [0.1, 0.15) is 6.33 Å². The summed E-state index contributed by atoms with van der Waals surface area (Å²) in [6.45, 7) is 1.35. The van der Waals surface area contributed by atoms with Crippen LogP contribution in [0.3, 0.4) is 0 Å². The van der Waals surface area contributed by atoms with Gasteiger partial charge in [-0.3, -0.25) is 0 Å². The van der Waals surface area contributed by atoms with E-state index in [1.54, 1.807) is 6.33 Å². The number of benzene rings is 1. The van der Waals surface area contributed by atoms with E-state index in [0.29, 0.717) is 6.54 Å². The van der Waals surface area contributed by atoms with Crippen molar-refractivity contribution in [1.29, 1.82) is 0 Å². The molecule has 1 heterocycles. The molecular formula is C10H12N4S. The highest BCUT2D eigenvalue weighted by molar-refractivity contribution is 7.09. The van der Waals surface area contributed by atoms with Gasteiger partial charge in [0.25, 0.3) is 0 Å². The fraction of sp³-hybridized carbons (Fsp3) is 0.200. The molecule has 0 radical (unpaired) electrons. The average molecular weight is 220 g/mol. The Balaban J connectivity index is 1.93. The van der Waals surface area contributed by atoms with Gasteiger partial charge in [0.05, 0.1) is 0 Å². The summed E-state index contributed by atoms with van der Waals surface area (Å²) in [5, 5.41) is 4.04. The van der Waals surface area contributed by atoms with E-state index >= 15 is 0 Å². The highest BCUT2D eigenvalue weighted by Crippen LogP contribution is 2.10. The molecule has 0 bridgehead atoms. The van der Waals surface area contributed by atoms with Crippen molar-refractivity contribution in [1.82, 2.24) is 9.36 Å². The van der Waals surface area contributed by atoms with E-state index in [9.17, 15) is 0 Å². The van der Waals surface area contributed by atoms with Crippen molar-refractivity contribution in [3.63, 3.8) is 0 Å². The Bertz CT molecular complexity index is 396. The van der Waals surface area contributed by atoms with Crippen molar-refractivity contribution < 1.29 is 0 Å². The lowest BCUT2D eigenvalue weighted by molar-refractivity contribution is 1.06. The summed E-state index contributed by atoms with van der Waals surface area (Å²) in [7, 11) is 0. The highest BCUT2D eigenvalue weighted by Gasteiger charge is 1.96. The number of hydrogen-bond donors (Lipinski definition) is 2. The van der Waals surface area contributed by atoms with Crippen LogP contribution in [0, 0.1) is 0 Å². The molecule has 15 heavy (non-hydrogen) atoms. The van der Waals surface area contributed by atoms with Crippen molar-refractivity contribution in [3.05, 3.63) is 41.7 Å². The molecule has 0 saturated carbocycles. The maximum atomic E-state index is 5.52. The maximum absolute atomic E-state index is 5.52. The fourth-order valence-electron chi connectivity index (χ4n) is 1.22. The van der Waals surface area contributed by atoms with Crippen LogP contribution in [0.2, 0.25) is 0 Å². The molecule has 78 valence electrons. The summed E-state index contributed by atoms with van der Waals surface area (Å²) in [5.41, 5.74) is 7.88. The van der Waals surface area contributed by atoms with Crippen molar-refractivity contribution >= 4 is 16.7 Å². The smallest absolute Gasteiger partial charge is 0.202 e. The zero-order valence-corrected chi connectivity index (χ0v) is 9.00. The molecule has 2 rings (SSSR count). The molecule has 0 amide bonds. The number of nitrogens with zero attached hydrogens (tertiary/aromatic N) is 2. The largest absolute Gasteiger partial charge is 0.356 e. The third-order valence-electron chi connectivity index (χ3n) is 2.06. The predicted octanol–water partition coefficient (Wildman–Crippen LogP) is 1.61. The molecule has 3 N–H and O–H groups in total. The normalized spacial score (nSPS) is 10.2. The van der Waals surface area contributed by atoms with Gasteiger partial charge >= 0.3 is 0 Å². The molecule has 0 aliphatic rings. The summed E-state index contributed by atoms with van der Waals surface area (Å²) in [6, 6.07) is 8.21. The number of anilines is 1. The van der Waals surface area contributed by atoms with Crippen LogP contribution in [0.5, 0.6) is 0 Å². The Labute approximate surface area is 92.3 Å². The maximum Gasteiger partial charge on any atom is 0.202 e. The molecular weight excluding hydrogens is 208 g/mol. The van der Waals surface area contributed by atoms with E-state index in [1.807, 2.05) is 12.1 Å². The fourth-order valence-corrected chi connectivity index (χ4v) is 1.65. The van der Waals surface area contributed by atoms with E-state index in [1.165, 1.54) is 17.1 Å². The third-order valence-corrected chi connectivity index (χ3v) is 2.69. The number of nitrogens with two attached hydrogens (primary N) is 1. The van der Waals surface area contributed by atoms with Crippen LogP contribution < -0.4 is 11.1 Å². The number of rotatable bonds is 4. The second-order valence-corrected chi connectivity index (χ2v) is 3.90. The predicted molar refractivity (Wildman–Crippen MR) is 61.6 cm³/mol. The minimum absolute atomic E-state index is 0.587. The van der Waals surface area contributed by atoms with Gasteiger partial charge in [-0.1, -0.05) is 24.3 Å². The molecule has 1 aromatic heterocycles. The Morgan fingerprint density at radius 1 is 1.20 bits per heavy atom. The molecule has 0 aliphatic carbocycles. The van der Waals surface area contributed by atoms with Gasteiger partial charge in [0, 0.05) is 24.6 Å². The third kappa shape index (κ3) is 2.74. The van der Waals surface area contributed by atoms with Crippen molar-refractivity contribution in [3.8, 4) is 0 Å². The minimum atomic E-state index is 0.587. The Morgan fingerprint density at radius 2 is 1.93 bits per heavy atom. The van der Waals surface area contributed by atoms with Crippen LogP contribution >= 0.6 is 11.5 Å². The molecule has 0 fully saturated rings. The first-order valence-electron chi connectivity index (χ1n) is 4.67. The van der Waals surface area contributed by atoms with E-state index in [2.05, 4.69) is 26.8 Å². The van der Waals surface area contributed by atoms with Crippen LogP contribution in [0.25, 0.3) is 0 Å². The molecule has 0 saturated heterocycles. The summed E-state index contributed by atoms with van der Waals surface area (Å²) < 4.78 is 3.91. The van der Waals surface area contributed by atoms with E-state index in [-0.39, 0.29) is 0 Å². The number of nitrogens with one attached hydrogen (secondary N) is 1. The number of aromatic nitrogens is 2. The topological polar surface area (TPSA) is 63.8 Å². The number of hydrogen-bond acceptors (Lipinski definition) is 5.